The number of anilines is 1. The fraction of sp³-hybridized carbons (Fsp3) is 0.412. The van der Waals surface area contributed by atoms with Crippen LogP contribution in [0.2, 0.25) is 10.0 Å². The van der Waals surface area contributed by atoms with Gasteiger partial charge in [-0.05, 0) is 30.9 Å². The summed E-state index contributed by atoms with van der Waals surface area (Å²) in [6, 6.07) is 7.25. The van der Waals surface area contributed by atoms with Crippen LogP contribution in [0.15, 0.2) is 30.5 Å². The van der Waals surface area contributed by atoms with E-state index in [9.17, 15) is 4.79 Å². The third-order valence-electron chi connectivity index (χ3n) is 4.52. The molecule has 1 saturated carbocycles. The highest BCUT2D eigenvalue weighted by Gasteiger charge is 2.26. The number of aromatic nitrogens is 2. The minimum absolute atomic E-state index is 0. The minimum Gasteiger partial charge on any atom is -0.327 e. The van der Waals surface area contributed by atoms with E-state index >= 15 is 0 Å². The van der Waals surface area contributed by atoms with Crippen molar-refractivity contribution in [3.8, 4) is 0 Å². The van der Waals surface area contributed by atoms with Crippen molar-refractivity contribution < 1.29 is 4.79 Å². The monoisotopic (exact) mass is 402 g/mol. The number of carbonyl (C=O) groups excluding carboxylic acids is 1. The maximum atomic E-state index is 12.3. The first-order chi connectivity index (χ1) is 11.5. The van der Waals surface area contributed by atoms with Gasteiger partial charge in [0.15, 0.2) is 0 Å². The number of amides is 1. The van der Waals surface area contributed by atoms with Gasteiger partial charge in [-0.3, -0.25) is 4.79 Å². The zero-order chi connectivity index (χ0) is 17.1. The molecule has 25 heavy (non-hydrogen) atoms. The van der Waals surface area contributed by atoms with Gasteiger partial charge in [0.25, 0.3) is 0 Å². The third kappa shape index (κ3) is 4.88. The lowest BCUT2D eigenvalue weighted by Crippen LogP contribution is -2.28. The van der Waals surface area contributed by atoms with Crippen molar-refractivity contribution in [3.05, 3.63) is 46.1 Å². The lowest BCUT2D eigenvalue weighted by Gasteiger charge is -2.15. The van der Waals surface area contributed by atoms with Crippen molar-refractivity contribution in [2.75, 3.05) is 5.32 Å². The number of nitrogens with zero attached hydrogens (tertiary/aromatic N) is 2. The SMILES string of the molecule is Cl.N[C@@H]1CCC[C@H]1CC(=O)Nc1ccnn1Cc1c(Cl)cccc1Cl. The van der Waals surface area contributed by atoms with Gasteiger partial charge in [0.1, 0.15) is 5.82 Å². The van der Waals surface area contributed by atoms with Crippen molar-refractivity contribution in [1.82, 2.24) is 9.78 Å². The number of carbonyl (C=O) groups is 1. The molecule has 3 rings (SSSR count). The Kier molecular flexibility index (Phi) is 7.14. The Morgan fingerprint density at radius 2 is 2.00 bits per heavy atom. The van der Waals surface area contributed by atoms with E-state index in [0.717, 1.165) is 24.8 Å². The predicted molar refractivity (Wildman–Crippen MR) is 104 cm³/mol. The fourth-order valence-electron chi connectivity index (χ4n) is 3.15. The van der Waals surface area contributed by atoms with Gasteiger partial charge in [0, 0.05) is 34.1 Å². The molecule has 0 saturated heterocycles. The molecule has 1 amide bonds. The summed E-state index contributed by atoms with van der Waals surface area (Å²) in [6.45, 7) is 0.393. The van der Waals surface area contributed by atoms with Crippen LogP contribution in [0.25, 0.3) is 0 Å². The number of halogens is 3. The molecule has 1 aromatic heterocycles. The zero-order valence-corrected chi connectivity index (χ0v) is 15.9. The molecule has 3 N–H and O–H groups in total. The van der Waals surface area contributed by atoms with Gasteiger partial charge in [-0.25, -0.2) is 4.68 Å². The third-order valence-corrected chi connectivity index (χ3v) is 5.23. The molecule has 5 nitrogen and oxygen atoms in total. The summed E-state index contributed by atoms with van der Waals surface area (Å²) in [7, 11) is 0. The lowest BCUT2D eigenvalue weighted by molar-refractivity contribution is -0.117. The molecule has 8 heteroatoms. The number of benzene rings is 1. The summed E-state index contributed by atoms with van der Waals surface area (Å²) in [5, 5.41) is 8.32. The fourth-order valence-corrected chi connectivity index (χ4v) is 3.67. The summed E-state index contributed by atoms with van der Waals surface area (Å²) < 4.78 is 1.68. The maximum Gasteiger partial charge on any atom is 0.225 e. The molecular formula is C17H21Cl3N4O. The summed E-state index contributed by atoms with van der Waals surface area (Å²) in [4.78, 5) is 12.3. The zero-order valence-electron chi connectivity index (χ0n) is 13.6. The van der Waals surface area contributed by atoms with Crippen LogP contribution in [0, 0.1) is 5.92 Å². The summed E-state index contributed by atoms with van der Waals surface area (Å²) in [5.41, 5.74) is 6.81. The van der Waals surface area contributed by atoms with Crippen LogP contribution in [0.4, 0.5) is 5.82 Å². The van der Waals surface area contributed by atoms with Crippen LogP contribution in [0.1, 0.15) is 31.2 Å². The second-order valence-electron chi connectivity index (χ2n) is 6.18. The van der Waals surface area contributed by atoms with E-state index < -0.39 is 0 Å². The molecule has 2 aromatic rings. The first-order valence-corrected chi connectivity index (χ1v) is 8.80. The number of hydrogen-bond donors (Lipinski definition) is 2. The van der Waals surface area contributed by atoms with E-state index in [0.29, 0.717) is 28.8 Å². The van der Waals surface area contributed by atoms with Crippen LogP contribution in [0.5, 0.6) is 0 Å². The quantitative estimate of drug-likeness (QED) is 0.789. The van der Waals surface area contributed by atoms with E-state index in [-0.39, 0.29) is 30.3 Å². The maximum absolute atomic E-state index is 12.3. The first kappa shape index (κ1) is 20.0. The second kappa shape index (κ2) is 8.90. The summed E-state index contributed by atoms with van der Waals surface area (Å²) >= 11 is 12.4. The van der Waals surface area contributed by atoms with Crippen molar-refractivity contribution in [3.63, 3.8) is 0 Å². The van der Waals surface area contributed by atoms with Crippen molar-refractivity contribution >= 4 is 47.3 Å². The second-order valence-corrected chi connectivity index (χ2v) is 7.00. The molecule has 0 unspecified atom stereocenters. The van der Waals surface area contributed by atoms with Crippen LogP contribution in [0.3, 0.4) is 0 Å². The van der Waals surface area contributed by atoms with Crippen molar-refractivity contribution in [2.24, 2.45) is 11.7 Å². The lowest BCUT2D eigenvalue weighted by atomic mass is 10.00. The molecule has 136 valence electrons. The Morgan fingerprint density at radius 3 is 2.64 bits per heavy atom. The number of nitrogens with one attached hydrogen (secondary N) is 1. The van der Waals surface area contributed by atoms with Crippen LogP contribution < -0.4 is 11.1 Å². The Hall–Kier alpha value is -1.27. The Morgan fingerprint density at radius 1 is 1.28 bits per heavy atom. The average molecular weight is 404 g/mol. The molecule has 1 heterocycles. The molecule has 1 aliphatic carbocycles. The van der Waals surface area contributed by atoms with E-state index in [1.165, 1.54) is 0 Å². The molecule has 0 radical (unpaired) electrons. The van der Waals surface area contributed by atoms with E-state index in [1.807, 2.05) is 0 Å². The molecule has 0 bridgehead atoms. The standard InChI is InChI=1S/C17H20Cl2N4O.ClH/c18-13-4-2-5-14(19)12(13)10-23-16(7-8-21-23)22-17(24)9-11-3-1-6-15(11)20;/h2,4-5,7-8,11,15H,1,3,6,9-10,20H2,(H,22,24);1H/t11-,15+;/m0./s1. The smallest absolute Gasteiger partial charge is 0.225 e. The molecule has 1 aromatic carbocycles. The predicted octanol–water partition coefficient (Wildman–Crippen LogP) is 4.12. The van der Waals surface area contributed by atoms with Crippen LogP contribution in [-0.4, -0.2) is 21.7 Å². The van der Waals surface area contributed by atoms with Crippen LogP contribution in [-0.2, 0) is 11.3 Å². The highest BCUT2D eigenvalue weighted by molar-refractivity contribution is 6.35. The first-order valence-electron chi connectivity index (χ1n) is 8.04. The van der Waals surface area contributed by atoms with Gasteiger partial charge in [0.05, 0.1) is 12.7 Å². The number of rotatable bonds is 5. The molecule has 1 fully saturated rings. The van der Waals surface area contributed by atoms with Gasteiger partial charge in [-0.1, -0.05) is 35.7 Å². The summed E-state index contributed by atoms with van der Waals surface area (Å²) in [5.74, 6) is 0.853. The van der Waals surface area contributed by atoms with Crippen LogP contribution >= 0.6 is 35.6 Å². The van der Waals surface area contributed by atoms with Crippen molar-refractivity contribution in [1.29, 1.82) is 0 Å². The Bertz CT molecular complexity index is 714. The normalized spacial score (nSPS) is 19.5. The largest absolute Gasteiger partial charge is 0.327 e. The highest BCUT2D eigenvalue weighted by Crippen LogP contribution is 2.28. The van der Waals surface area contributed by atoms with Crippen molar-refractivity contribution in [2.45, 2.75) is 38.3 Å². The molecule has 2 atom stereocenters. The summed E-state index contributed by atoms with van der Waals surface area (Å²) in [6.07, 6.45) is 5.20. The van der Waals surface area contributed by atoms with Gasteiger partial charge < -0.3 is 11.1 Å². The topological polar surface area (TPSA) is 72.9 Å². The molecular weight excluding hydrogens is 383 g/mol. The average Bonchev–Trinajstić information content (AvgIpc) is 3.13. The molecule has 0 aliphatic heterocycles. The van der Waals surface area contributed by atoms with Gasteiger partial charge in [0.2, 0.25) is 5.91 Å². The van der Waals surface area contributed by atoms with Gasteiger partial charge in [-0.2, -0.15) is 5.10 Å². The van der Waals surface area contributed by atoms with Gasteiger partial charge in [-0.15, -0.1) is 12.4 Å². The van der Waals surface area contributed by atoms with E-state index in [1.54, 1.807) is 35.1 Å². The molecule has 1 aliphatic rings. The number of nitrogens with two attached hydrogens (primary N) is 1. The number of hydrogen-bond acceptors (Lipinski definition) is 3. The Balaban J connectivity index is 0.00000225. The highest BCUT2D eigenvalue weighted by atomic mass is 35.5. The minimum atomic E-state index is -0.0376. The molecule has 0 spiro atoms. The van der Waals surface area contributed by atoms with E-state index in [2.05, 4.69) is 10.4 Å². The Labute approximate surface area is 163 Å². The van der Waals surface area contributed by atoms with E-state index in [4.69, 9.17) is 28.9 Å². The van der Waals surface area contributed by atoms with Gasteiger partial charge >= 0.3 is 0 Å².